The summed E-state index contributed by atoms with van der Waals surface area (Å²) in [6, 6.07) is -3.68. The first-order valence-corrected chi connectivity index (χ1v) is 20.7. The Balaban J connectivity index is 1.62. The Morgan fingerprint density at radius 2 is 1.56 bits per heavy atom. The van der Waals surface area contributed by atoms with Crippen molar-refractivity contribution in [1.29, 1.82) is 0 Å². The fraction of sp³-hybridized carbons (Fsp3) is 0.769. The van der Waals surface area contributed by atoms with Crippen molar-refractivity contribution in [3.05, 3.63) is 12.7 Å². The number of urea groups is 1. The van der Waals surface area contributed by atoms with Gasteiger partial charge in [-0.2, -0.15) is 0 Å². The highest BCUT2D eigenvalue weighted by Gasteiger charge is 2.70. The predicted octanol–water partition coefficient (Wildman–Crippen LogP) is 3.79. The van der Waals surface area contributed by atoms with Crippen LogP contribution in [-0.4, -0.2) is 90.1 Å². The first-order chi connectivity index (χ1) is 24.2. The number of likely N-dealkylation sites (tertiary alicyclic amines) is 1. The summed E-state index contributed by atoms with van der Waals surface area (Å²) in [4.78, 5) is 70.4. The molecule has 1 saturated heterocycles. The largest absolute Gasteiger partial charge is 0.346 e. The molecule has 0 spiro atoms. The predicted molar refractivity (Wildman–Crippen MR) is 200 cm³/mol. The number of carbonyl (C=O) groups excluding carboxylic acids is 5. The van der Waals surface area contributed by atoms with Gasteiger partial charge >= 0.3 is 6.03 Å². The van der Waals surface area contributed by atoms with E-state index in [1.165, 1.54) is 6.08 Å². The number of nitrogens with one attached hydrogen (secondary N) is 4. The molecule has 290 valence electrons. The Morgan fingerprint density at radius 3 is 2.12 bits per heavy atom. The van der Waals surface area contributed by atoms with Crippen molar-refractivity contribution in [1.82, 2.24) is 26.2 Å². The second kappa shape index (κ2) is 15.9. The van der Waals surface area contributed by atoms with Crippen LogP contribution >= 0.6 is 0 Å². The molecule has 3 saturated carbocycles. The zero-order valence-corrected chi connectivity index (χ0v) is 32.9. The molecular formula is C39H61N5O7S. The lowest BCUT2D eigenvalue weighted by Gasteiger charge is -2.44. The Hall–Kier alpha value is -3.40. The Bertz CT molecular complexity index is 1550. The van der Waals surface area contributed by atoms with Gasteiger partial charge in [-0.15, -0.1) is 18.9 Å². The van der Waals surface area contributed by atoms with E-state index in [9.17, 15) is 32.4 Å². The van der Waals surface area contributed by atoms with Crippen molar-refractivity contribution in [2.45, 2.75) is 147 Å². The lowest BCUT2D eigenvalue weighted by Crippen LogP contribution is -2.65. The second-order valence-electron chi connectivity index (χ2n) is 17.5. The summed E-state index contributed by atoms with van der Waals surface area (Å²) in [6.45, 7) is 15.0. The zero-order chi connectivity index (χ0) is 38.7. The van der Waals surface area contributed by atoms with Gasteiger partial charge < -0.3 is 26.2 Å². The average molecular weight is 744 g/mol. The van der Waals surface area contributed by atoms with E-state index >= 15 is 0 Å². The van der Waals surface area contributed by atoms with Gasteiger partial charge in [0.15, 0.2) is 9.84 Å². The number of amides is 5. The van der Waals surface area contributed by atoms with E-state index in [0.717, 1.165) is 38.5 Å². The van der Waals surface area contributed by atoms with Crippen molar-refractivity contribution in [2.24, 2.45) is 22.7 Å². The molecule has 3 aliphatic carbocycles. The summed E-state index contributed by atoms with van der Waals surface area (Å²) in [5, 5.41) is 11.3. The highest BCUT2D eigenvalue weighted by Crippen LogP contribution is 2.65. The van der Waals surface area contributed by atoms with E-state index in [1.807, 2.05) is 6.92 Å². The maximum Gasteiger partial charge on any atom is 0.315 e. The minimum absolute atomic E-state index is 0.0321. The average Bonchev–Trinajstić information content (AvgIpc) is 3.37. The molecule has 12 nitrogen and oxygen atoms in total. The van der Waals surface area contributed by atoms with Crippen LogP contribution in [0.2, 0.25) is 0 Å². The number of nitrogens with zero attached hydrogens (tertiary/aromatic N) is 1. The van der Waals surface area contributed by atoms with E-state index < -0.39 is 67.3 Å². The molecule has 5 amide bonds. The molecule has 0 aromatic rings. The van der Waals surface area contributed by atoms with Crippen LogP contribution in [0.15, 0.2) is 12.7 Å². The van der Waals surface area contributed by atoms with Crippen LogP contribution in [0.4, 0.5) is 4.79 Å². The van der Waals surface area contributed by atoms with Gasteiger partial charge in [0.25, 0.3) is 5.91 Å². The van der Waals surface area contributed by atoms with Gasteiger partial charge in [0.2, 0.25) is 17.6 Å². The monoisotopic (exact) mass is 743 g/mol. The summed E-state index contributed by atoms with van der Waals surface area (Å²) in [5.41, 5.74) is -1.81. The summed E-state index contributed by atoms with van der Waals surface area (Å²) in [7, 11) is -3.58. The molecule has 0 aromatic heterocycles. The molecule has 52 heavy (non-hydrogen) atoms. The van der Waals surface area contributed by atoms with Crippen LogP contribution in [0, 0.1) is 35.0 Å². The Morgan fingerprint density at radius 1 is 0.962 bits per heavy atom. The minimum Gasteiger partial charge on any atom is -0.346 e. The first-order valence-electron chi connectivity index (χ1n) is 19.0. The molecule has 4 N–H and O–H groups in total. The molecule has 0 radical (unpaired) electrons. The van der Waals surface area contributed by atoms with E-state index in [0.29, 0.717) is 32.2 Å². The summed E-state index contributed by atoms with van der Waals surface area (Å²) in [6.07, 6.45) is 14.8. The molecule has 1 unspecified atom stereocenters. The smallest absolute Gasteiger partial charge is 0.315 e. The van der Waals surface area contributed by atoms with Crippen LogP contribution < -0.4 is 21.3 Å². The van der Waals surface area contributed by atoms with Crippen LogP contribution in [-0.2, 0) is 29.0 Å². The van der Waals surface area contributed by atoms with E-state index in [1.54, 1.807) is 25.7 Å². The van der Waals surface area contributed by atoms with Gasteiger partial charge in [-0.1, -0.05) is 65.4 Å². The number of hydrogen-bond donors (Lipinski definition) is 4. The molecule has 1 aliphatic heterocycles. The lowest BCUT2D eigenvalue weighted by molar-refractivity contribution is -0.146. The number of piperidine rings is 1. The number of rotatable bonds is 14. The highest BCUT2D eigenvalue weighted by atomic mass is 32.2. The molecule has 1 heterocycles. The lowest BCUT2D eigenvalue weighted by atomic mass is 9.70. The molecule has 5 atom stereocenters. The van der Waals surface area contributed by atoms with Gasteiger partial charge in [-0.25, -0.2) is 13.2 Å². The third kappa shape index (κ3) is 8.86. The van der Waals surface area contributed by atoms with E-state index in [2.05, 4.69) is 47.6 Å². The van der Waals surface area contributed by atoms with Crippen molar-refractivity contribution < 1.29 is 32.4 Å². The van der Waals surface area contributed by atoms with Crippen molar-refractivity contribution in [3.63, 3.8) is 0 Å². The van der Waals surface area contributed by atoms with Gasteiger partial charge in [0.05, 0.1) is 22.1 Å². The number of sulfone groups is 1. The normalized spacial score (nSPS) is 25.6. The maximum absolute atomic E-state index is 14.9. The number of carbonyl (C=O) groups is 5. The Kier molecular flexibility index (Phi) is 12.7. The van der Waals surface area contributed by atoms with Gasteiger partial charge in [0, 0.05) is 19.5 Å². The standard InChI is InChI=1S/C39H61N5O7S/c1-9-11-18-27(30(45)33(47)40-23-10-2)41-32(46)29-28-26(37(28,6)7)24-44(29)34(48)31(38(8)19-14-12-15-20-38)42-35(49)43-39(21-16-13-17-22-39)25-52(50,51)36(3,4)5/h1,10,26-29,31H,2,11-25H2,3-8H3,(H,40,47)(H,41,46)(H2,42,43,49)/t26-,27?,28-,29-,31+/m0/s1. The molecular weight excluding hydrogens is 683 g/mol. The number of Topliss-reactive ketones (excluding diaryl/α,β-unsaturated/α-hetero) is 1. The molecule has 0 bridgehead atoms. The highest BCUT2D eigenvalue weighted by molar-refractivity contribution is 7.92. The van der Waals surface area contributed by atoms with Gasteiger partial charge in [-0.05, 0) is 75.5 Å². The van der Waals surface area contributed by atoms with E-state index in [-0.39, 0.29) is 48.3 Å². The number of terminal acetylenes is 1. The topological polar surface area (TPSA) is 171 Å². The zero-order valence-electron chi connectivity index (χ0n) is 32.1. The van der Waals surface area contributed by atoms with Crippen LogP contribution in [0.1, 0.15) is 119 Å². The molecule has 4 fully saturated rings. The first kappa shape index (κ1) is 41.4. The number of ketones is 1. The molecule has 13 heteroatoms. The van der Waals surface area contributed by atoms with E-state index in [4.69, 9.17) is 6.42 Å². The third-order valence-corrected chi connectivity index (χ3v) is 15.2. The minimum atomic E-state index is -3.58. The quantitative estimate of drug-likeness (QED) is 0.119. The fourth-order valence-corrected chi connectivity index (χ4v) is 10.4. The fourth-order valence-electron chi connectivity index (χ4n) is 8.85. The summed E-state index contributed by atoms with van der Waals surface area (Å²) >= 11 is 0. The van der Waals surface area contributed by atoms with Crippen LogP contribution in [0.25, 0.3) is 0 Å². The Labute approximate surface area is 310 Å². The summed E-state index contributed by atoms with van der Waals surface area (Å²) < 4.78 is 25.9. The number of fused-ring (bicyclic) bond motifs is 1. The van der Waals surface area contributed by atoms with Crippen LogP contribution in [0.5, 0.6) is 0 Å². The second-order valence-corrected chi connectivity index (χ2v) is 20.3. The third-order valence-electron chi connectivity index (χ3n) is 12.4. The number of hydrogen-bond acceptors (Lipinski definition) is 7. The molecule has 4 rings (SSSR count). The van der Waals surface area contributed by atoms with Gasteiger partial charge in [-0.3, -0.25) is 19.2 Å². The van der Waals surface area contributed by atoms with Crippen molar-refractivity contribution in [2.75, 3.05) is 18.8 Å². The van der Waals surface area contributed by atoms with Gasteiger partial charge in [0.1, 0.15) is 12.1 Å². The molecule has 0 aromatic carbocycles. The SMILES string of the molecule is C#CCCC(NC(=O)[C@@H]1[C@@H]2[C@H](CN1C(=O)[C@@H](NC(=O)NC1(CS(=O)(=O)C(C)(C)C)CCCCC1)C1(C)CCCCC1)C2(C)C)C(=O)C(=O)NCC=C. The van der Waals surface area contributed by atoms with Crippen molar-refractivity contribution in [3.8, 4) is 12.3 Å². The maximum atomic E-state index is 14.9. The van der Waals surface area contributed by atoms with Crippen molar-refractivity contribution >= 4 is 39.4 Å². The van der Waals surface area contributed by atoms with Crippen LogP contribution in [0.3, 0.4) is 0 Å². The molecule has 4 aliphatic rings. The summed E-state index contributed by atoms with van der Waals surface area (Å²) in [5.74, 6) is -0.485.